The minimum Gasteiger partial charge on any atom is -0.477 e. The highest BCUT2D eigenvalue weighted by atomic mass is 16.5. The number of hydrogen-bond acceptors (Lipinski definition) is 4. The zero-order valence-electron chi connectivity index (χ0n) is 14.2. The first-order chi connectivity index (χ1) is 11.7. The van der Waals surface area contributed by atoms with Gasteiger partial charge in [0.1, 0.15) is 5.56 Å². The molecule has 1 N–H and O–H groups in total. The molecule has 1 saturated heterocycles. The predicted octanol–water partition coefficient (Wildman–Crippen LogP) is 3.64. The van der Waals surface area contributed by atoms with Gasteiger partial charge in [-0.3, -0.25) is 4.79 Å². The van der Waals surface area contributed by atoms with Gasteiger partial charge in [0, 0.05) is 30.7 Å². The number of amides is 1. The molecule has 2 aromatic rings. The fourth-order valence-electron chi connectivity index (χ4n) is 2.97. The Morgan fingerprint density at radius 2 is 2.08 bits per heavy atom. The van der Waals surface area contributed by atoms with Gasteiger partial charge in [-0.05, 0) is 62.6 Å². The van der Waals surface area contributed by atoms with E-state index in [2.05, 4.69) is 27.3 Å². The average Bonchev–Trinajstić information content (AvgIpc) is 3.12. The Bertz CT molecular complexity index is 724. The third-order valence-corrected chi connectivity index (χ3v) is 4.23. The van der Waals surface area contributed by atoms with Crippen LogP contribution >= 0.6 is 0 Å². The zero-order chi connectivity index (χ0) is 16.9. The summed E-state index contributed by atoms with van der Waals surface area (Å²) < 4.78 is 5.43. The number of hydrogen-bond donors (Lipinski definition) is 1. The quantitative estimate of drug-likeness (QED) is 0.912. The van der Waals surface area contributed by atoms with E-state index in [1.54, 1.807) is 18.3 Å². The Kier molecular flexibility index (Phi) is 4.99. The van der Waals surface area contributed by atoms with Crippen molar-refractivity contribution < 1.29 is 9.53 Å². The van der Waals surface area contributed by atoms with E-state index in [4.69, 9.17) is 4.74 Å². The Morgan fingerprint density at radius 1 is 1.29 bits per heavy atom. The van der Waals surface area contributed by atoms with E-state index in [9.17, 15) is 4.79 Å². The van der Waals surface area contributed by atoms with Crippen LogP contribution < -0.4 is 15.0 Å². The van der Waals surface area contributed by atoms with Crippen LogP contribution in [-0.4, -0.2) is 30.6 Å². The van der Waals surface area contributed by atoms with Crippen LogP contribution in [0.2, 0.25) is 0 Å². The van der Waals surface area contributed by atoms with Crippen LogP contribution in [0, 0.1) is 6.92 Å². The molecule has 0 saturated carbocycles. The topological polar surface area (TPSA) is 54.5 Å². The van der Waals surface area contributed by atoms with E-state index in [0.717, 1.165) is 24.3 Å². The number of benzene rings is 1. The van der Waals surface area contributed by atoms with Gasteiger partial charge in [-0.2, -0.15) is 0 Å². The second-order valence-corrected chi connectivity index (χ2v) is 5.94. The summed E-state index contributed by atoms with van der Waals surface area (Å²) in [4.78, 5) is 19.1. The number of aryl methyl sites for hydroxylation is 1. The lowest BCUT2D eigenvalue weighted by molar-refractivity contribution is 0.102. The summed E-state index contributed by atoms with van der Waals surface area (Å²) in [6.07, 6.45) is 4.12. The Morgan fingerprint density at radius 3 is 2.79 bits per heavy atom. The first-order valence-corrected chi connectivity index (χ1v) is 8.44. The SMILES string of the molecule is CCOc1ncccc1C(=O)Nc1ccc(N2CCCC2)cc1C. The largest absolute Gasteiger partial charge is 0.477 e. The summed E-state index contributed by atoms with van der Waals surface area (Å²) in [6.45, 7) is 6.58. The summed E-state index contributed by atoms with van der Waals surface area (Å²) in [5.41, 5.74) is 3.53. The van der Waals surface area contributed by atoms with Crippen LogP contribution in [0.3, 0.4) is 0 Å². The molecule has 2 heterocycles. The highest BCUT2D eigenvalue weighted by molar-refractivity contribution is 6.06. The van der Waals surface area contributed by atoms with Crippen molar-refractivity contribution in [1.29, 1.82) is 0 Å². The molecule has 1 amide bonds. The molecule has 1 fully saturated rings. The molecule has 5 heteroatoms. The second kappa shape index (κ2) is 7.34. The number of nitrogens with one attached hydrogen (secondary N) is 1. The monoisotopic (exact) mass is 325 g/mol. The standard InChI is InChI=1S/C19H23N3O2/c1-3-24-19-16(7-6-10-20-19)18(23)21-17-9-8-15(13-14(17)2)22-11-4-5-12-22/h6-10,13H,3-5,11-12H2,1-2H3,(H,21,23). The van der Waals surface area contributed by atoms with Gasteiger partial charge in [0.25, 0.3) is 5.91 Å². The predicted molar refractivity (Wildman–Crippen MR) is 96.0 cm³/mol. The molecule has 3 rings (SSSR count). The molecule has 1 aromatic heterocycles. The molecule has 1 aliphatic rings. The first-order valence-electron chi connectivity index (χ1n) is 8.44. The molecule has 0 bridgehead atoms. The zero-order valence-corrected chi connectivity index (χ0v) is 14.2. The van der Waals surface area contributed by atoms with Gasteiger partial charge in [-0.1, -0.05) is 0 Å². The molecule has 24 heavy (non-hydrogen) atoms. The molecule has 126 valence electrons. The molecular weight excluding hydrogens is 302 g/mol. The number of carbonyl (C=O) groups is 1. The van der Waals surface area contributed by atoms with E-state index >= 15 is 0 Å². The van der Waals surface area contributed by atoms with Crippen LogP contribution in [0.4, 0.5) is 11.4 Å². The lowest BCUT2D eigenvalue weighted by Gasteiger charge is -2.19. The highest BCUT2D eigenvalue weighted by Crippen LogP contribution is 2.26. The summed E-state index contributed by atoms with van der Waals surface area (Å²) in [5, 5.41) is 2.97. The molecule has 1 aliphatic heterocycles. The van der Waals surface area contributed by atoms with E-state index in [1.165, 1.54) is 18.5 Å². The van der Waals surface area contributed by atoms with Crippen molar-refractivity contribution in [2.24, 2.45) is 0 Å². The Hall–Kier alpha value is -2.56. The van der Waals surface area contributed by atoms with Crippen LogP contribution in [0.1, 0.15) is 35.7 Å². The Balaban J connectivity index is 1.77. The Labute approximate surface area is 142 Å². The summed E-state index contributed by atoms with van der Waals surface area (Å²) in [7, 11) is 0. The maximum atomic E-state index is 12.6. The minimum atomic E-state index is -0.205. The maximum Gasteiger partial charge on any atom is 0.261 e. The number of anilines is 2. The number of pyridine rings is 1. The van der Waals surface area contributed by atoms with Gasteiger partial charge in [0.05, 0.1) is 6.61 Å². The van der Waals surface area contributed by atoms with Crippen molar-refractivity contribution in [1.82, 2.24) is 4.98 Å². The molecule has 0 radical (unpaired) electrons. The molecule has 0 unspecified atom stereocenters. The van der Waals surface area contributed by atoms with Gasteiger partial charge in [-0.25, -0.2) is 4.98 Å². The van der Waals surface area contributed by atoms with Crippen molar-refractivity contribution >= 4 is 17.3 Å². The molecule has 5 nitrogen and oxygen atoms in total. The van der Waals surface area contributed by atoms with E-state index in [0.29, 0.717) is 18.1 Å². The van der Waals surface area contributed by atoms with Crippen LogP contribution in [-0.2, 0) is 0 Å². The van der Waals surface area contributed by atoms with Crippen molar-refractivity contribution in [3.8, 4) is 5.88 Å². The molecule has 0 spiro atoms. The van der Waals surface area contributed by atoms with Crippen LogP contribution in [0.5, 0.6) is 5.88 Å². The van der Waals surface area contributed by atoms with Gasteiger partial charge < -0.3 is 15.0 Å². The third kappa shape index (κ3) is 3.50. The third-order valence-electron chi connectivity index (χ3n) is 4.23. The highest BCUT2D eigenvalue weighted by Gasteiger charge is 2.16. The number of rotatable bonds is 5. The van der Waals surface area contributed by atoms with Gasteiger partial charge >= 0.3 is 0 Å². The summed E-state index contributed by atoms with van der Waals surface area (Å²) in [5.74, 6) is 0.160. The number of nitrogens with zero attached hydrogens (tertiary/aromatic N) is 2. The van der Waals surface area contributed by atoms with Crippen molar-refractivity contribution in [3.05, 3.63) is 47.7 Å². The van der Waals surface area contributed by atoms with E-state index in [1.807, 2.05) is 19.9 Å². The minimum absolute atomic E-state index is 0.205. The summed E-state index contributed by atoms with van der Waals surface area (Å²) >= 11 is 0. The molecule has 0 aliphatic carbocycles. The van der Waals surface area contributed by atoms with Crippen molar-refractivity contribution in [3.63, 3.8) is 0 Å². The average molecular weight is 325 g/mol. The normalized spacial score (nSPS) is 13.8. The summed E-state index contributed by atoms with van der Waals surface area (Å²) in [6, 6.07) is 9.63. The number of carbonyl (C=O) groups excluding carboxylic acids is 1. The van der Waals surface area contributed by atoms with Crippen LogP contribution in [0.25, 0.3) is 0 Å². The van der Waals surface area contributed by atoms with Gasteiger partial charge in [0.2, 0.25) is 5.88 Å². The van der Waals surface area contributed by atoms with Gasteiger partial charge in [0.15, 0.2) is 0 Å². The fourth-order valence-corrected chi connectivity index (χ4v) is 2.97. The van der Waals surface area contributed by atoms with E-state index < -0.39 is 0 Å². The molecule has 1 aromatic carbocycles. The van der Waals surface area contributed by atoms with Crippen molar-refractivity contribution in [2.75, 3.05) is 29.9 Å². The van der Waals surface area contributed by atoms with Crippen LogP contribution in [0.15, 0.2) is 36.5 Å². The maximum absolute atomic E-state index is 12.6. The molecule has 0 atom stereocenters. The number of aromatic nitrogens is 1. The van der Waals surface area contributed by atoms with Gasteiger partial charge in [-0.15, -0.1) is 0 Å². The first kappa shape index (κ1) is 16.3. The number of ether oxygens (including phenoxy) is 1. The van der Waals surface area contributed by atoms with E-state index in [-0.39, 0.29) is 5.91 Å². The lowest BCUT2D eigenvalue weighted by Crippen LogP contribution is -2.18. The molecular formula is C19H23N3O2. The fraction of sp³-hybridized carbons (Fsp3) is 0.368. The van der Waals surface area contributed by atoms with Crippen molar-refractivity contribution in [2.45, 2.75) is 26.7 Å². The second-order valence-electron chi connectivity index (χ2n) is 5.94. The smallest absolute Gasteiger partial charge is 0.261 e. The lowest BCUT2D eigenvalue weighted by atomic mass is 10.1.